The second kappa shape index (κ2) is 7.33. The van der Waals surface area contributed by atoms with E-state index in [-0.39, 0.29) is 17.5 Å². The summed E-state index contributed by atoms with van der Waals surface area (Å²) in [6.07, 6.45) is -4.70. The van der Waals surface area contributed by atoms with E-state index in [1.165, 1.54) is 12.1 Å². The SMILES string of the molecule is Oc1ccc([C@H](c2ccc(OC(F)(F)F)cc2)N2CCNCC2)cc1. The van der Waals surface area contributed by atoms with Gasteiger partial charge in [-0.25, -0.2) is 0 Å². The fourth-order valence-electron chi connectivity index (χ4n) is 3.06. The van der Waals surface area contributed by atoms with Crippen molar-refractivity contribution in [3.8, 4) is 11.5 Å². The topological polar surface area (TPSA) is 44.7 Å². The normalized spacial score (nSPS) is 17.2. The molecule has 0 radical (unpaired) electrons. The molecule has 2 N–H and O–H groups in total. The van der Waals surface area contributed by atoms with Crippen LogP contribution < -0.4 is 10.1 Å². The molecule has 134 valence electrons. The number of aromatic hydroxyl groups is 1. The highest BCUT2D eigenvalue weighted by molar-refractivity contribution is 5.37. The molecule has 25 heavy (non-hydrogen) atoms. The van der Waals surface area contributed by atoms with Crippen LogP contribution >= 0.6 is 0 Å². The number of alkyl halides is 3. The summed E-state index contributed by atoms with van der Waals surface area (Å²) in [4.78, 5) is 2.27. The van der Waals surface area contributed by atoms with E-state index in [1.807, 2.05) is 12.1 Å². The Morgan fingerprint density at radius 3 is 1.96 bits per heavy atom. The van der Waals surface area contributed by atoms with Gasteiger partial charge in [-0.1, -0.05) is 24.3 Å². The Morgan fingerprint density at radius 2 is 1.44 bits per heavy atom. The highest BCUT2D eigenvalue weighted by Gasteiger charge is 2.31. The van der Waals surface area contributed by atoms with Gasteiger partial charge in [-0.2, -0.15) is 0 Å². The van der Waals surface area contributed by atoms with Crippen LogP contribution in [-0.4, -0.2) is 42.5 Å². The van der Waals surface area contributed by atoms with E-state index in [0.29, 0.717) is 0 Å². The molecule has 0 spiro atoms. The summed E-state index contributed by atoms with van der Waals surface area (Å²) in [5, 5.41) is 12.8. The first-order valence-corrected chi connectivity index (χ1v) is 8.02. The molecule has 1 heterocycles. The molecule has 0 aromatic heterocycles. The highest BCUT2D eigenvalue weighted by atomic mass is 19.4. The van der Waals surface area contributed by atoms with Crippen LogP contribution in [0.1, 0.15) is 17.2 Å². The molecule has 1 fully saturated rings. The van der Waals surface area contributed by atoms with Crippen LogP contribution in [0.25, 0.3) is 0 Å². The zero-order chi connectivity index (χ0) is 17.9. The first-order valence-electron chi connectivity index (χ1n) is 8.02. The molecule has 3 rings (SSSR count). The van der Waals surface area contributed by atoms with Crippen molar-refractivity contribution in [2.45, 2.75) is 12.4 Å². The fourth-order valence-corrected chi connectivity index (χ4v) is 3.06. The summed E-state index contributed by atoms with van der Waals surface area (Å²) in [6, 6.07) is 12.8. The number of nitrogens with zero attached hydrogens (tertiary/aromatic N) is 1. The smallest absolute Gasteiger partial charge is 0.508 e. The van der Waals surface area contributed by atoms with Crippen molar-refractivity contribution >= 4 is 0 Å². The second-order valence-corrected chi connectivity index (χ2v) is 5.90. The molecule has 0 aliphatic carbocycles. The first-order chi connectivity index (χ1) is 11.9. The Bertz CT molecular complexity index is 681. The van der Waals surface area contributed by atoms with Crippen molar-refractivity contribution < 1.29 is 23.0 Å². The molecule has 7 heteroatoms. The van der Waals surface area contributed by atoms with Gasteiger partial charge in [0.2, 0.25) is 0 Å². The number of hydrogen-bond donors (Lipinski definition) is 2. The van der Waals surface area contributed by atoms with Gasteiger partial charge in [-0.05, 0) is 35.4 Å². The van der Waals surface area contributed by atoms with Crippen molar-refractivity contribution in [2.75, 3.05) is 26.2 Å². The molecule has 2 aromatic carbocycles. The third kappa shape index (κ3) is 4.64. The van der Waals surface area contributed by atoms with E-state index in [2.05, 4.69) is 15.0 Å². The number of phenolic OH excluding ortho intramolecular Hbond substituents is 1. The Labute approximate surface area is 143 Å². The maximum Gasteiger partial charge on any atom is 0.573 e. The second-order valence-electron chi connectivity index (χ2n) is 5.90. The number of rotatable bonds is 4. The number of nitrogens with one attached hydrogen (secondary N) is 1. The van der Waals surface area contributed by atoms with Crippen molar-refractivity contribution in [2.24, 2.45) is 0 Å². The van der Waals surface area contributed by atoms with Gasteiger partial charge < -0.3 is 15.2 Å². The summed E-state index contributed by atoms with van der Waals surface area (Å²) >= 11 is 0. The number of ether oxygens (including phenoxy) is 1. The molecule has 1 saturated heterocycles. The van der Waals surface area contributed by atoms with Crippen LogP contribution in [0, 0.1) is 0 Å². The van der Waals surface area contributed by atoms with Gasteiger partial charge >= 0.3 is 6.36 Å². The number of phenols is 1. The molecule has 1 atom stereocenters. The lowest BCUT2D eigenvalue weighted by molar-refractivity contribution is -0.274. The molecule has 2 aromatic rings. The summed E-state index contributed by atoms with van der Waals surface area (Å²) in [5.74, 6) is -0.0576. The highest BCUT2D eigenvalue weighted by Crippen LogP contribution is 2.32. The molecule has 0 unspecified atom stereocenters. The third-order valence-corrected chi connectivity index (χ3v) is 4.15. The Balaban J connectivity index is 1.89. The summed E-state index contributed by atoms with van der Waals surface area (Å²) in [5.41, 5.74) is 1.85. The van der Waals surface area contributed by atoms with Crippen LogP contribution in [0.5, 0.6) is 11.5 Å². The Morgan fingerprint density at radius 1 is 0.920 bits per heavy atom. The Kier molecular flexibility index (Phi) is 5.15. The Hall–Kier alpha value is -2.25. The van der Waals surface area contributed by atoms with Crippen molar-refractivity contribution in [1.29, 1.82) is 0 Å². The van der Waals surface area contributed by atoms with Crippen molar-refractivity contribution in [1.82, 2.24) is 10.2 Å². The predicted octanol–water partition coefficient (Wildman–Crippen LogP) is 3.29. The molecular formula is C18H19F3N2O2. The zero-order valence-corrected chi connectivity index (χ0v) is 13.5. The molecule has 1 aliphatic heterocycles. The maximum absolute atomic E-state index is 12.3. The third-order valence-electron chi connectivity index (χ3n) is 4.15. The fraction of sp³-hybridized carbons (Fsp3) is 0.333. The molecule has 0 saturated carbocycles. The van der Waals surface area contributed by atoms with Gasteiger partial charge in [-0.3, -0.25) is 4.90 Å². The molecule has 1 aliphatic rings. The zero-order valence-electron chi connectivity index (χ0n) is 13.5. The lowest BCUT2D eigenvalue weighted by atomic mass is 9.96. The molecule has 0 amide bonds. The average molecular weight is 352 g/mol. The summed E-state index contributed by atoms with van der Waals surface area (Å²) < 4.78 is 40.9. The lowest BCUT2D eigenvalue weighted by Crippen LogP contribution is -2.45. The van der Waals surface area contributed by atoms with E-state index in [0.717, 1.165) is 37.3 Å². The standard InChI is InChI=1S/C18H19F3N2O2/c19-18(20,21)25-16-7-3-14(4-8-16)17(23-11-9-22-10-12-23)13-1-5-15(24)6-2-13/h1-8,17,22,24H,9-12H2/t17-/m1/s1. The van der Waals surface area contributed by atoms with Gasteiger partial charge in [0.15, 0.2) is 0 Å². The molecular weight excluding hydrogens is 333 g/mol. The van der Waals surface area contributed by atoms with Crippen LogP contribution in [0.3, 0.4) is 0 Å². The van der Waals surface area contributed by atoms with Crippen molar-refractivity contribution in [3.63, 3.8) is 0 Å². The summed E-state index contributed by atoms with van der Waals surface area (Å²) in [7, 11) is 0. The number of halogens is 3. The minimum atomic E-state index is -4.70. The van der Waals surface area contributed by atoms with E-state index in [9.17, 15) is 18.3 Å². The van der Waals surface area contributed by atoms with E-state index in [4.69, 9.17) is 0 Å². The van der Waals surface area contributed by atoms with Gasteiger partial charge in [0.1, 0.15) is 11.5 Å². The van der Waals surface area contributed by atoms with E-state index >= 15 is 0 Å². The van der Waals surface area contributed by atoms with E-state index in [1.54, 1.807) is 24.3 Å². The van der Waals surface area contributed by atoms with Gasteiger partial charge in [0.05, 0.1) is 6.04 Å². The number of hydrogen-bond acceptors (Lipinski definition) is 4. The van der Waals surface area contributed by atoms with E-state index < -0.39 is 6.36 Å². The maximum atomic E-state index is 12.3. The minimum Gasteiger partial charge on any atom is -0.508 e. The number of benzene rings is 2. The van der Waals surface area contributed by atoms with Crippen LogP contribution in [0.15, 0.2) is 48.5 Å². The predicted molar refractivity (Wildman–Crippen MR) is 87.5 cm³/mol. The number of piperazine rings is 1. The molecule has 0 bridgehead atoms. The first kappa shape index (κ1) is 17.6. The minimum absolute atomic E-state index is 0.0948. The van der Waals surface area contributed by atoms with Gasteiger partial charge in [-0.15, -0.1) is 13.2 Å². The van der Waals surface area contributed by atoms with Crippen molar-refractivity contribution in [3.05, 3.63) is 59.7 Å². The van der Waals surface area contributed by atoms with Crippen LogP contribution in [0.2, 0.25) is 0 Å². The van der Waals surface area contributed by atoms with Crippen LogP contribution in [-0.2, 0) is 0 Å². The monoisotopic (exact) mass is 352 g/mol. The molecule has 4 nitrogen and oxygen atoms in total. The van der Waals surface area contributed by atoms with Crippen LogP contribution in [0.4, 0.5) is 13.2 Å². The summed E-state index contributed by atoms with van der Waals surface area (Å²) in [6.45, 7) is 3.35. The van der Waals surface area contributed by atoms with Gasteiger partial charge in [0, 0.05) is 26.2 Å². The lowest BCUT2D eigenvalue weighted by Gasteiger charge is -2.35. The quantitative estimate of drug-likeness (QED) is 0.886. The average Bonchev–Trinajstić information content (AvgIpc) is 2.58. The van der Waals surface area contributed by atoms with Gasteiger partial charge in [0.25, 0.3) is 0 Å². The largest absolute Gasteiger partial charge is 0.573 e.